The molecule has 3 N–H and O–H groups in total. The molecule has 0 radical (unpaired) electrons. The summed E-state index contributed by atoms with van der Waals surface area (Å²) in [6, 6.07) is 10.7. The van der Waals surface area contributed by atoms with E-state index in [0.29, 0.717) is 16.9 Å². The van der Waals surface area contributed by atoms with Crippen molar-refractivity contribution in [3.8, 4) is 0 Å². The predicted octanol–water partition coefficient (Wildman–Crippen LogP) is 3.77. The zero-order valence-electron chi connectivity index (χ0n) is 9.92. The molecule has 0 atom stereocenters. The van der Waals surface area contributed by atoms with Gasteiger partial charge in [-0.05, 0) is 43.2 Å². The Balaban J connectivity index is 2.35. The number of anilines is 3. The molecule has 2 aromatic carbocycles. The summed E-state index contributed by atoms with van der Waals surface area (Å²) >= 11 is 0. The molecule has 0 spiro atoms. The first-order valence-electron chi connectivity index (χ1n) is 5.46. The van der Waals surface area contributed by atoms with Crippen LogP contribution in [0.15, 0.2) is 36.4 Å². The number of aryl methyl sites for hydroxylation is 2. The van der Waals surface area contributed by atoms with Crippen molar-refractivity contribution in [2.45, 2.75) is 13.8 Å². The summed E-state index contributed by atoms with van der Waals surface area (Å²) in [5, 5.41) is 3.14. The molecule has 2 nitrogen and oxygen atoms in total. The summed E-state index contributed by atoms with van der Waals surface area (Å²) in [4.78, 5) is 0. The minimum atomic E-state index is -0.220. The number of para-hydroxylation sites is 1. The summed E-state index contributed by atoms with van der Waals surface area (Å²) in [5.74, 6) is -0.220. The topological polar surface area (TPSA) is 38.0 Å². The first kappa shape index (κ1) is 11.5. The number of nitrogen functional groups attached to an aromatic ring is 1. The number of hydrogen-bond donors (Lipinski definition) is 2. The van der Waals surface area contributed by atoms with Crippen molar-refractivity contribution in [2.24, 2.45) is 0 Å². The van der Waals surface area contributed by atoms with Crippen LogP contribution in [0.4, 0.5) is 21.5 Å². The van der Waals surface area contributed by atoms with Gasteiger partial charge in [0.2, 0.25) is 0 Å². The lowest BCUT2D eigenvalue weighted by atomic mass is 10.1. The van der Waals surface area contributed by atoms with Crippen molar-refractivity contribution in [3.63, 3.8) is 0 Å². The van der Waals surface area contributed by atoms with E-state index in [4.69, 9.17) is 5.73 Å². The van der Waals surface area contributed by atoms with Crippen molar-refractivity contribution < 1.29 is 4.39 Å². The van der Waals surface area contributed by atoms with Gasteiger partial charge in [0.05, 0.1) is 11.4 Å². The molecular weight excluding hydrogens is 215 g/mol. The fourth-order valence-corrected chi connectivity index (χ4v) is 1.68. The van der Waals surface area contributed by atoms with Crippen molar-refractivity contribution in [3.05, 3.63) is 53.3 Å². The Hall–Kier alpha value is -2.03. The second-order valence-electron chi connectivity index (χ2n) is 4.13. The zero-order valence-corrected chi connectivity index (χ0v) is 9.92. The highest BCUT2D eigenvalue weighted by atomic mass is 19.1. The summed E-state index contributed by atoms with van der Waals surface area (Å²) in [7, 11) is 0. The molecule has 0 bridgehead atoms. The van der Waals surface area contributed by atoms with Gasteiger partial charge in [0.1, 0.15) is 5.82 Å². The molecule has 3 heteroatoms. The van der Waals surface area contributed by atoms with Crippen molar-refractivity contribution in [1.82, 2.24) is 0 Å². The van der Waals surface area contributed by atoms with E-state index in [9.17, 15) is 4.39 Å². The molecule has 17 heavy (non-hydrogen) atoms. The SMILES string of the molecule is Cc1ccc(Nc2c(C)cccc2N)cc1F. The maximum absolute atomic E-state index is 13.4. The van der Waals surface area contributed by atoms with Crippen LogP contribution in [0.25, 0.3) is 0 Å². The van der Waals surface area contributed by atoms with Gasteiger partial charge < -0.3 is 11.1 Å². The van der Waals surface area contributed by atoms with Crippen LogP contribution in [0.3, 0.4) is 0 Å². The molecule has 0 aromatic heterocycles. The molecule has 2 aromatic rings. The second-order valence-corrected chi connectivity index (χ2v) is 4.13. The molecule has 0 fully saturated rings. The number of benzene rings is 2. The Labute approximate surface area is 100 Å². The van der Waals surface area contributed by atoms with Crippen LogP contribution < -0.4 is 11.1 Å². The molecule has 0 aliphatic rings. The molecule has 2 rings (SSSR count). The van der Waals surface area contributed by atoms with E-state index in [-0.39, 0.29) is 5.82 Å². The van der Waals surface area contributed by atoms with Gasteiger partial charge >= 0.3 is 0 Å². The molecular formula is C14H15FN2. The average Bonchev–Trinajstić information content (AvgIpc) is 2.28. The maximum atomic E-state index is 13.4. The van der Waals surface area contributed by atoms with E-state index >= 15 is 0 Å². The van der Waals surface area contributed by atoms with Gasteiger partial charge in [-0.25, -0.2) is 4.39 Å². The zero-order chi connectivity index (χ0) is 12.4. The third kappa shape index (κ3) is 2.38. The second kappa shape index (κ2) is 4.45. The standard InChI is InChI=1S/C14H15FN2/c1-9-6-7-11(8-12(9)15)17-14-10(2)4-3-5-13(14)16/h3-8,17H,16H2,1-2H3. The Morgan fingerprint density at radius 2 is 1.82 bits per heavy atom. The minimum Gasteiger partial charge on any atom is -0.397 e. The van der Waals surface area contributed by atoms with Crippen molar-refractivity contribution in [2.75, 3.05) is 11.1 Å². The average molecular weight is 230 g/mol. The smallest absolute Gasteiger partial charge is 0.128 e. The quantitative estimate of drug-likeness (QED) is 0.771. The van der Waals surface area contributed by atoms with E-state index < -0.39 is 0 Å². The van der Waals surface area contributed by atoms with E-state index in [0.717, 1.165) is 11.3 Å². The summed E-state index contributed by atoms with van der Waals surface area (Å²) in [6.07, 6.45) is 0. The van der Waals surface area contributed by atoms with Gasteiger partial charge in [0.25, 0.3) is 0 Å². The van der Waals surface area contributed by atoms with Crippen LogP contribution in [0.5, 0.6) is 0 Å². The first-order chi connectivity index (χ1) is 8.08. The van der Waals surface area contributed by atoms with Crippen LogP contribution in [0.2, 0.25) is 0 Å². The van der Waals surface area contributed by atoms with Crippen molar-refractivity contribution >= 4 is 17.1 Å². The van der Waals surface area contributed by atoms with Crippen LogP contribution in [0.1, 0.15) is 11.1 Å². The van der Waals surface area contributed by atoms with E-state index in [1.54, 1.807) is 13.0 Å². The number of nitrogens with one attached hydrogen (secondary N) is 1. The van der Waals surface area contributed by atoms with Gasteiger partial charge in [-0.3, -0.25) is 0 Å². The fourth-order valence-electron chi connectivity index (χ4n) is 1.68. The van der Waals surface area contributed by atoms with E-state index in [1.165, 1.54) is 6.07 Å². The highest BCUT2D eigenvalue weighted by Crippen LogP contribution is 2.27. The summed E-state index contributed by atoms with van der Waals surface area (Å²) < 4.78 is 13.4. The molecule has 0 aliphatic carbocycles. The fraction of sp³-hybridized carbons (Fsp3) is 0.143. The molecule has 0 saturated carbocycles. The lowest BCUT2D eigenvalue weighted by Gasteiger charge is -2.12. The molecule has 0 heterocycles. The molecule has 0 amide bonds. The number of halogens is 1. The number of nitrogens with two attached hydrogens (primary N) is 1. The van der Waals surface area contributed by atoms with Gasteiger partial charge in [0, 0.05) is 5.69 Å². The molecule has 0 saturated heterocycles. The van der Waals surface area contributed by atoms with Crippen LogP contribution in [-0.2, 0) is 0 Å². The number of rotatable bonds is 2. The minimum absolute atomic E-state index is 0.220. The highest BCUT2D eigenvalue weighted by Gasteiger charge is 2.04. The normalized spacial score (nSPS) is 10.3. The Kier molecular flexibility index (Phi) is 3.00. The maximum Gasteiger partial charge on any atom is 0.128 e. The van der Waals surface area contributed by atoms with Gasteiger partial charge in [-0.2, -0.15) is 0 Å². The highest BCUT2D eigenvalue weighted by molar-refractivity contribution is 5.75. The first-order valence-corrected chi connectivity index (χ1v) is 5.46. The monoisotopic (exact) mass is 230 g/mol. The van der Waals surface area contributed by atoms with Gasteiger partial charge in [-0.1, -0.05) is 18.2 Å². The molecule has 0 unspecified atom stereocenters. The Morgan fingerprint density at radius 1 is 1.06 bits per heavy atom. The van der Waals surface area contributed by atoms with Gasteiger partial charge in [0.15, 0.2) is 0 Å². The third-order valence-corrected chi connectivity index (χ3v) is 2.75. The van der Waals surface area contributed by atoms with Crippen molar-refractivity contribution in [1.29, 1.82) is 0 Å². The molecule has 88 valence electrons. The Bertz CT molecular complexity index is 530. The summed E-state index contributed by atoms with van der Waals surface area (Å²) in [5.41, 5.74) is 9.74. The van der Waals surface area contributed by atoms with Crippen LogP contribution in [-0.4, -0.2) is 0 Å². The van der Waals surface area contributed by atoms with E-state index in [2.05, 4.69) is 5.32 Å². The molecule has 0 aliphatic heterocycles. The predicted molar refractivity (Wildman–Crippen MR) is 70.0 cm³/mol. The third-order valence-electron chi connectivity index (χ3n) is 2.75. The van der Waals surface area contributed by atoms with Gasteiger partial charge in [-0.15, -0.1) is 0 Å². The summed E-state index contributed by atoms with van der Waals surface area (Å²) in [6.45, 7) is 3.70. The lowest BCUT2D eigenvalue weighted by molar-refractivity contribution is 0.619. The number of hydrogen-bond acceptors (Lipinski definition) is 2. The van der Waals surface area contributed by atoms with E-state index in [1.807, 2.05) is 31.2 Å². The lowest BCUT2D eigenvalue weighted by Crippen LogP contribution is -1.99. The van der Waals surface area contributed by atoms with Crippen LogP contribution >= 0.6 is 0 Å². The largest absolute Gasteiger partial charge is 0.397 e. The van der Waals surface area contributed by atoms with Crippen LogP contribution in [0, 0.1) is 19.7 Å². The Morgan fingerprint density at radius 3 is 2.47 bits per heavy atom.